The second-order valence-corrected chi connectivity index (χ2v) is 5.01. The molecule has 4 heteroatoms. The van der Waals surface area contributed by atoms with Crippen LogP contribution in [0.1, 0.15) is 31.2 Å². The number of nitrogen functional groups attached to an aromatic ring is 1. The fraction of sp³-hybridized carbons (Fsp3) is 0.571. The van der Waals surface area contributed by atoms with Crippen molar-refractivity contribution >= 4 is 5.69 Å². The van der Waals surface area contributed by atoms with E-state index in [1.165, 1.54) is 12.5 Å². The minimum absolute atomic E-state index is 0.178. The molecule has 3 nitrogen and oxygen atoms in total. The van der Waals surface area contributed by atoms with Crippen LogP contribution in [0.5, 0.6) is 0 Å². The molecule has 1 heterocycles. The number of aliphatic hydroxyl groups excluding tert-OH is 1. The molecule has 0 bridgehead atoms. The van der Waals surface area contributed by atoms with Gasteiger partial charge in [0.15, 0.2) is 0 Å². The van der Waals surface area contributed by atoms with Crippen molar-refractivity contribution in [3.05, 3.63) is 29.6 Å². The summed E-state index contributed by atoms with van der Waals surface area (Å²) in [7, 11) is 0. The molecule has 1 unspecified atom stereocenters. The fourth-order valence-corrected chi connectivity index (χ4v) is 2.56. The molecule has 0 aromatic heterocycles. The predicted molar refractivity (Wildman–Crippen MR) is 70.6 cm³/mol. The largest absolute Gasteiger partial charge is 0.396 e. The zero-order valence-corrected chi connectivity index (χ0v) is 10.6. The fourth-order valence-electron chi connectivity index (χ4n) is 2.56. The van der Waals surface area contributed by atoms with Gasteiger partial charge in [-0.3, -0.25) is 4.90 Å². The third-order valence-corrected chi connectivity index (χ3v) is 3.66. The first-order chi connectivity index (χ1) is 8.70. The summed E-state index contributed by atoms with van der Waals surface area (Å²) in [5.74, 6) is -0.358. The first-order valence-corrected chi connectivity index (χ1v) is 6.59. The number of rotatable bonds is 3. The Bertz CT molecular complexity index is 397. The smallest absolute Gasteiger partial charge is 0.146 e. The van der Waals surface area contributed by atoms with E-state index in [9.17, 15) is 9.50 Å². The SMILES string of the molecule is Nc1ccc(CN2CCCCCC2CO)cc1F. The molecule has 1 aliphatic heterocycles. The van der Waals surface area contributed by atoms with Crippen LogP contribution in [0.25, 0.3) is 0 Å². The topological polar surface area (TPSA) is 49.5 Å². The number of nitrogens with zero attached hydrogens (tertiary/aromatic N) is 1. The lowest BCUT2D eigenvalue weighted by Crippen LogP contribution is -2.36. The Morgan fingerprint density at radius 1 is 1.33 bits per heavy atom. The molecule has 0 saturated carbocycles. The van der Waals surface area contributed by atoms with E-state index >= 15 is 0 Å². The summed E-state index contributed by atoms with van der Waals surface area (Å²) in [5, 5.41) is 9.43. The molecule has 1 aromatic rings. The van der Waals surface area contributed by atoms with E-state index in [0.29, 0.717) is 6.54 Å². The van der Waals surface area contributed by atoms with E-state index in [4.69, 9.17) is 5.73 Å². The van der Waals surface area contributed by atoms with Crippen molar-refractivity contribution in [1.29, 1.82) is 0 Å². The lowest BCUT2D eigenvalue weighted by atomic mass is 10.1. The van der Waals surface area contributed by atoms with Gasteiger partial charge < -0.3 is 10.8 Å². The maximum Gasteiger partial charge on any atom is 0.146 e. The van der Waals surface area contributed by atoms with Crippen LogP contribution in [-0.2, 0) is 6.54 Å². The van der Waals surface area contributed by atoms with Crippen LogP contribution in [0.3, 0.4) is 0 Å². The molecule has 1 fully saturated rings. The van der Waals surface area contributed by atoms with Gasteiger partial charge in [0.2, 0.25) is 0 Å². The van der Waals surface area contributed by atoms with Gasteiger partial charge >= 0.3 is 0 Å². The molecule has 1 saturated heterocycles. The second-order valence-electron chi connectivity index (χ2n) is 5.01. The lowest BCUT2D eigenvalue weighted by Gasteiger charge is -2.28. The standard InChI is InChI=1S/C14H21FN2O/c15-13-8-11(5-6-14(13)16)9-17-7-3-1-2-4-12(17)10-18/h5-6,8,12,18H,1-4,7,9-10,16H2. The third-order valence-electron chi connectivity index (χ3n) is 3.66. The quantitative estimate of drug-likeness (QED) is 0.810. The monoisotopic (exact) mass is 252 g/mol. The van der Waals surface area contributed by atoms with Crippen LogP contribution < -0.4 is 5.73 Å². The summed E-state index contributed by atoms with van der Waals surface area (Å²) in [4.78, 5) is 2.25. The first kappa shape index (κ1) is 13.3. The highest BCUT2D eigenvalue weighted by Crippen LogP contribution is 2.20. The summed E-state index contributed by atoms with van der Waals surface area (Å²) >= 11 is 0. The first-order valence-electron chi connectivity index (χ1n) is 6.59. The molecule has 1 atom stereocenters. The normalized spacial score (nSPS) is 21.8. The average Bonchev–Trinajstić information content (AvgIpc) is 2.59. The van der Waals surface area contributed by atoms with Crippen molar-refractivity contribution in [3.8, 4) is 0 Å². The number of aliphatic hydroxyl groups is 1. The van der Waals surface area contributed by atoms with E-state index in [-0.39, 0.29) is 24.2 Å². The van der Waals surface area contributed by atoms with Crippen LogP contribution in [0.15, 0.2) is 18.2 Å². The van der Waals surface area contributed by atoms with Crippen LogP contribution in [0.4, 0.5) is 10.1 Å². The molecule has 0 radical (unpaired) electrons. The van der Waals surface area contributed by atoms with E-state index < -0.39 is 0 Å². The summed E-state index contributed by atoms with van der Waals surface area (Å²) in [6, 6.07) is 5.16. The van der Waals surface area contributed by atoms with Crippen molar-refractivity contribution in [2.75, 3.05) is 18.9 Å². The van der Waals surface area contributed by atoms with E-state index in [0.717, 1.165) is 31.4 Å². The molecule has 1 aliphatic rings. The van der Waals surface area contributed by atoms with Gasteiger partial charge in [0.25, 0.3) is 0 Å². The Labute approximate surface area is 107 Å². The molecule has 0 amide bonds. The van der Waals surface area contributed by atoms with Crippen molar-refractivity contribution in [2.24, 2.45) is 0 Å². The van der Waals surface area contributed by atoms with Crippen molar-refractivity contribution in [2.45, 2.75) is 38.3 Å². The maximum absolute atomic E-state index is 13.4. The molecule has 0 aliphatic carbocycles. The Balaban J connectivity index is 2.07. The van der Waals surface area contributed by atoms with Gasteiger partial charge in [0.1, 0.15) is 5.82 Å². The predicted octanol–water partition coefficient (Wildman–Crippen LogP) is 2.14. The number of halogens is 1. The molecule has 3 N–H and O–H groups in total. The Hall–Kier alpha value is -1.13. The van der Waals surface area contributed by atoms with E-state index in [1.807, 2.05) is 6.07 Å². The number of benzene rings is 1. The number of hydrogen-bond donors (Lipinski definition) is 2. The molecule has 2 rings (SSSR count). The van der Waals surface area contributed by atoms with Gasteiger partial charge in [-0.1, -0.05) is 18.9 Å². The molecule has 100 valence electrons. The van der Waals surface area contributed by atoms with Gasteiger partial charge in [0.05, 0.1) is 12.3 Å². The van der Waals surface area contributed by atoms with Crippen LogP contribution in [0.2, 0.25) is 0 Å². The number of nitrogens with two attached hydrogens (primary N) is 1. The van der Waals surface area contributed by atoms with Crippen LogP contribution in [-0.4, -0.2) is 29.2 Å². The van der Waals surface area contributed by atoms with Crippen LogP contribution >= 0.6 is 0 Å². The molecular weight excluding hydrogens is 231 g/mol. The highest BCUT2D eigenvalue weighted by atomic mass is 19.1. The summed E-state index contributed by atoms with van der Waals surface area (Å²) in [5.41, 5.74) is 6.58. The summed E-state index contributed by atoms with van der Waals surface area (Å²) < 4.78 is 13.4. The molecular formula is C14H21FN2O. The zero-order chi connectivity index (χ0) is 13.0. The lowest BCUT2D eigenvalue weighted by molar-refractivity contribution is 0.118. The maximum atomic E-state index is 13.4. The number of likely N-dealkylation sites (tertiary alicyclic amines) is 1. The van der Waals surface area contributed by atoms with E-state index in [2.05, 4.69) is 4.90 Å². The Morgan fingerprint density at radius 3 is 2.89 bits per heavy atom. The summed E-state index contributed by atoms with van der Waals surface area (Å²) in [6.45, 7) is 1.83. The molecule has 18 heavy (non-hydrogen) atoms. The van der Waals surface area contributed by atoms with Crippen molar-refractivity contribution in [3.63, 3.8) is 0 Å². The van der Waals surface area contributed by atoms with Gasteiger partial charge in [0, 0.05) is 12.6 Å². The van der Waals surface area contributed by atoms with Crippen molar-refractivity contribution in [1.82, 2.24) is 4.90 Å². The highest BCUT2D eigenvalue weighted by molar-refractivity contribution is 5.41. The minimum Gasteiger partial charge on any atom is -0.396 e. The Morgan fingerprint density at radius 2 is 2.17 bits per heavy atom. The minimum atomic E-state index is -0.358. The van der Waals surface area contributed by atoms with Gasteiger partial charge in [-0.25, -0.2) is 4.39 Å². The van der Waals surface area contributed by atoms with Gasteiger partial charge in [-0.05, 0) is 37.1 Å². The average molecular weight is 252 g/mol. The van der Waals surface area contributed by atoms with Crippen LogP contribution in [0, 0.1) is 5.82 Å². The van der Waals surface area contributed by atoms with Gasteiger partial charge in [-0.15, -0.1) is 0 Å². The summed E-state index contributed by atoms with van der Waals surface area (Å²) in [6.07, 6.45) is 4.54. The van der Waals surface area contributed by atoms with E-state index in [1.54, 1.807) is 6.07 Å². The molecule has 1 aromatic carbocycles. The molecule has 0 spiro atoms. The van der Waals surface area contributed by atoms with Gasteiger partial charge in [-0.2, -0.15) is 0 Å². The highest BCUT2D eigenvalue weighted by Gasteiger charge is 2.20. The Kier molecular flexibility index (Phi) is 4.55. The third kappa shape index (κ3) is 3.21. The number of hydrogen-bond acceptors (Lipinski definition) is 3. The zero-order valence-electron chi connectivity index (χ0n) is 10.6. The second kappa shape index (κ2) is 6.16. The van der Waals surface area contributed by atoms with Crippen molar-refractivity contribution < 1.29 is 9.50 Å². The number of anilines is 1.